The van der Waals surface area contributed by atoms with Gasteiger partial charge < -0.3 is 4.74 Å². The van der Waals surface area contributed by atoms with Crippen LogP contribution in [0.3, 0.4) is 0 Å². The minimum atomic E-state index is -0.462. The summed E-state index contributed by atoms with van der Waals surface area (Å²) < 4.78 is 6.58. The first kappa shape index (κ1) is 17.0. The number of anilines is 1. The summed E-state index contributed by atoms with van der Waals surface area (Å²) in [6.45, 7) is 0. The number of benzene rings is 2. The number of methoxy groups -OCH3 is 1. The van der Waals surface area contributed by atoms with Crippen LogP contribution in [0.4, 0.5) is 5.95 Å². The first-order valence-electron chi connectivity index (χ1n) is 8.20. The molecule has 4 rings (SSSR count). The van der Waals surface area contributed by atoms with Gasteiger partial charge in [0.1, 0.15) is 4.88 Å². The van der Waals surface area contributed by atoms with E-state index in [2.05, 4.69) is 15.0 Å². The number of rotatable bonds is 4. The Kier molecular flexibility index (Phi) is 4.43. The zero-order chi connectivity index (χ0) is 18.8. The van der Waals surface area contributed by atoms with E-state index >= 15 is 0 Å². The number of hydrogen-bond donors (Lipinski definition) is 1. The summed E-state index contributed by atoms with van der Waals surface area (Å²) in [5.74, 6) is -0.376. The monoisotopic (exact) mass is 377 g/mol. The molecular formula is C20H15N3O3S. The topological polar surface area (TPSA) is 73.2 Å². The van der Waals surface area contributed by atoms with Crippen LogP contribution < -0.4 is 5.32 Å². The number of ether oxygens (including phenoxy) is 1. The molecule has 7 heteroatoms. The third-order valence-corrected chi connectivity index (χ3v) is 5.08. The summed E-state index contributed by atoms with van der Waals surface area (Å²) in [4.78, 5) is 29.6. The quantitative estimate of drug-likeness (QED) is 0.543. The zero-order valence-corrected chi connectivity index (χ0v) is 15.2. The van der Waals surface area contributed by atoms with Gasteiger partial charge >= 0.3 is 5.97 Å². The molecule has 6 nitrogen and oxygen atoms in total. The Labute approximate surface area is 159 Å². The third-order valence-electron chi connectivity index (χ3n) is 4.02. The van der Waals surface area contributed by atoms with Crippen LogP contribution in [-0.2, 0) is 4.74 Å². The van der Waals surface area contributed by atoms with Crippen molar-refractivity contribution in [1.29, 1.82) is 0 Å². The Hall–Kier alpha value is -3.45. The molecule has 27 heavy (non-hydrogen) atoms. The van der Waals surface area contributed by atoms with Crippen LogP contribution in [0.1, 0.15) is 19.3 Å². The van der Waals surface area contributed by atoms with Crippen molar-refractivity contribution in [3.8, 4) is 5.69 Å². The number of imidazole rings is 1. The van der Waals surface area contributed by atoms with Gasteiger partial charge in [-0.2, -0.15) is 0 Å². The summed E-state index contributed by atoms with van der Waals surface area (Å²) >= 11 is 1.08. The number of thiophene rings is 1. The molecule has 0 saturated carbocycles. The maximum Gasteiger partial charge on any atom is 0.348 e. The Balaban J connectivity index is 1.73. The second kappa shape index (κ2) is 7.05. The summed E-state index contributed by atoms with van der Waals surface area (Å²) in [5.41, 5.74) is 2.56. The first-order valence-corrected chi connectivity index (χ1v) is 9.01. The fourth-order valence-electron chi connectivity index (χ4n) is 2.78. The number of nitrogens with zero attached hydrogens (tertiary/aromatic N) is 2. The van der Waals surface area contributed by atoms with Gasteiger partial charge in [0.2, 0.25) is 5.95 Å². The highest BCUT2D eigenvalue weighted by Crippen LogP contribution is 2.26. The minimum absolute atomic E-state index is 0.331. The molecule has 4 aromatic rings. The van der Waals surface area contributed by atoms with Crippen LogP contribution in [0, 0.1) is 0 Å². The Morgan fingerprint density at radius 1 is 0.963 bits per heavy atom. The van der Waals surface area contributed by atoms with Crippen molar-refractivity contribution in [2.24, 2.45) is 0 Å². The molecule has 0 spiro atoms. The van der Waals surface area contributed by atoms with Crippen LogP contribution in [0.25, 0.3) is 16.7 Å². The summed E-state index contributed by atoms with van der Waals surface area (Å²) in [6.07, 6.45) is 0. The van der Waals surface area contributed by atoms with E-state index in [4.69, 9.17) is 0 Å². The Bertz CT molecular complexity index is 1130. The SMILES string of the molecule is COC(=O)c1ccc(C(=O)Nc2nc3ccccc3n2-c2ccccc2)s1. The van der Waals surface area contributed by atoms with E-state index in [1.807, 2.05) is 59.2 Å². The van der Waals surface area contributed by atoms with Crippen LogP contribution in [0.5, 0.6) is 0 Å². The molecular weight excluding hydrogens is 362 g/mol. The van der Waals surface area contributed by atoms with Crippen molar-refractivity contribution >= 4 is 40.2 Å². The molecule has 0 fully saturated rings. The number of esters is 1. The standard InChI is InChI=1S/C20H15N3O3S/c1-26-19(25)17-12-11-16(27-17)18(24)22-20-21-14-9-5-6-10-15(14)23(20)13-7-3-2-4-8-13/h2-12H,1H3,(H,21,22,24). The van der Waals surface area contributed by atoms with Crippen molar-refractivity contribution < 1.29 is 14.3 Å². The number of fused-ring (bicyclic) bond motifs is 1. The van der Waals surface area contributed by atoms with Gasteiger partial charge in [0.15, 0.2) is 0 Å². The van der Waals surface area contributed by atoms with Gasteiger partial charge in [0.05, 0.1) is 23.0 Å². The van der Waals surface area contributed by atoms with E-state index in [9.17, 15) is 9.59 Å². The van der Waals surface area contributed by atoms with Crippen molar-refractivity contribution in [3.05, 3.63) is 76.5 Å². The van der Waals surface area contributed by atoms with Crippen LogP contribution in [0.15, 0.2) is 66.7 Å². The molecule has 0 saturated heterocycles. The van der Waals surface area contributed by atoms with E-state index in [0.29, 0.717) is 15.7 Å². The molecule has 134 valence electrons. The van der Waals surface area contributed by atoms with Crippen molar-refractivity contribution in [2.75, 3.05) is 12.4 Å². The number of aromatic nitrogens is 2. The lowest BCUT2D eigenvalue weighted by atomic mass is 10.3. The highest BCUT2D eigenvalue weighted by Gasteiger charge is 2.18. The van der Waals surface area contributed by atoms with Gasteiger partial charge in [-0.25, -0.2) is 9.78 Å². The van der Waals surface area contributed by atoms with Gasteiger partial charge in [-0.3, -0.25) is 14.7 Å². The highest BCUT2D eigenvalue weighted by molar-refractivity contribution is 7.16. The molecule has 0 radical (unpaired) electrons. The van der Waals surface area contributed by atoms with Gasteiger partial charge in [0, 0.05) is 5.69 Å². The van der Waals surface area contributed by atoms with Crippen LogP contribution in [0.2, 0.25) is 0 Å². The molecule has 0 aliphatic heterocycles. The van der Waals surface area contributed by atoms with E-state index in [0.717, 1.165) is 28.1 Å². The summed E-state index contributed by atoms with van der Waals surface area (Å²) in [5, 5.41) is 2.86. The fourth-order valence-corrected chi connectivity index (χ4v) is 3.60. The maximum atomic E-state index is 12.7. The molecule has 0 bridgehead atoms. The zero-order valence-electron chi connectivity index (χ0n) is 14.4. The van der Waals surface area contributed by atoms with Crippen molar-refractivity contribution in [1.82, 2.24) is 9.55 Å². The third kappa shape index (κ3) is 3.20. The molecule has 0 unspecified atom stereocenters. The Morgan fingerprint density at radius 3 is 2.44 bits per heavy atom. The Morgan fingerprint density at radius 2 is 1.67 bits per heavy atom. The van der Waals surface area contributed by atoms with Crippen LogP contribution in [-0.4, -0.2) is 28.5 Å². The van der Waals surface area contributed by atoms with Crippen LogP contribution >= 0.6 is 11.3 Å². The number of para-hydroxylation sites is 3. The lowest BCUT2D eigenvalue weighted by Crippen LogP contribution is -2.14. The predicted octanol–water partition coefficient (Wildman–Crippen LogP) is 4.13. The second-order valence-corrected chi connectivity index (χ2v) is 6.79. The molecule has 1 N–H and O–H groups in total. The normalized spacial score (nSPS) is 10.7. The largest absolute Gasteiger partial charge is 0.465 e. The number of nitrogens with one attached hydrogen (secondary N) is 1. The van der Waals surface area contributed by atoms with Gasteiger partial charge in [-0.15, -0.1) is 11.3 Å². The van der Waals surface area contributed by atoms with Gasteiger partial charge in [-0.1, -0.05) is 30.3 Å². The van der Waals surface area contributed by atoms with Crippen molar-refractivity contribution in [3.63, 3.8) is 0 Å². The predicted molar refractivity (Wildman–Crippen MR) is 105 cm³/mol. The van der Waals surface area contributed by atoms with E-state index in [1.165, 1.54) is 7.11 Å². The average molecular weight is 377 g/mol. The number of carbonyl (C=O) groups excluding carboxylic acids is 2. The number of carbonyl (C=O) groups is 2. The summed E-state index contributed by atoms with van der Waals surface area (Å²) in [6, 6.07) is 20.5. The van der Waals surface area contributed by atoms with E-state index < -0.39 is 5.97 Å². The highest BCUT2D eigenvalue weighted by atomic mass is 32.1. The first-order chi connectivity index (χ1) is 13.2. The summed E-state index contributed by atoms with van der Waals surface area (Å²) in [7, 11) is 1.31. The van der Waals surface area contributed by atoms with Gasteiger partial charge in [0.25, 0.3) is 5.91 Å². The van der Waals surface area contributed by atoms with Gasteiger partial charge in [-0.05, 0) is 36.4 Å². The number of hydrogen-bond acceptors (Lipinski definition) is 5. The molecule has 2 heterocycles. The lowest BCUT2D eigenvalue weighted by molar-refractivity contribution is 0.0606. The second-order valence-electron chi connectivity index (χ2n) is 5.70. The molecule has 0 aliphatic rings. The van der Waals surface area contributed by atoms with E-state index in [-0.39, 0.29) is 5.91 Å². The maximum absolute atomic E-state index is 12.7. The average Bonchev–Trinajstić information content (AvgIpc) is 3.33. The van der Waals surface area contributed by atoms with Crippen molar-refractivity contribution in [2.45, 2.75) is 0 Å². The molecule has 2 aromatic carbocycles. The van der Waals surface area contributed by atoms with E-state index in [1.54, 1.807) is 12.1 Å². The molecule has 1 amide bonds. The number of amides is 1. The molecule has 2 aromatic heterocycles. The molecule has 0 atom stereocenters. The smallest absolute Gasteiger partial charge is 0.348 e. The minimum Gasteiger partial charge on any atom is -0.465 e. The lowest BCUT2D eigenvalue weighted by Gasteiger charge is -2.09. The fraction of sp³-hybridized carbons (Fsp3) is 0.0500. The molecule has 0 aliphatic carbocycles.